The Morgan fingerprint density at radius 1 is 1.25 bits per heavy atom. The van der Waals surface area contributed by atoms with Crippen LogP contribution in [0.5, 0.6) is 5.75 Å². The molecular formula is C16H15ClN2O4S. The van der Waals surface area contributed by atoms with Crippen LogP contribution < -0.4 is 15.2 Å². The fraction of sp³-hybridized carbons (Fsp3) is 0.188. The number of fused-ring (bicyclic) bond motifs is 1. The van der Waals surface area contributed by atoms with Crippen molar-refractivity contribution < 1.29 is 17.9 Å². The van der Waals surface area contributed by atoms with Crippen LogP contribution in [0.25, 0.3) is 0 Å². The van der Waals surface area contributed by atoms with Gasteiger partial charge in [0.1, 0.15) is 5.75 Å². The first-order valence-corrected chi connectivity index (χ1v) is 9.13. The van der Waals surface area contributed by atoms with E-state index in [-0.39, 0.29) is 27.4 Å². The Morgan fingerprint density at radius 2 is 2.00 bits per heavy atom. The number of hydrogen-bond donors (Lipinski definition) is 2. The largest absolute Gasteiger partial charge is 0.493 e. The van der Waals surface area contributed by atoms with Crippen LogP contribution in [0.4, 0.5) is 0 Å². The molecule has 126 valence electrons. The van der Waals surface area contributed by atoms with E-state index in [1.807, 2.05) is 24.3 Å². The third-order valence-corrected chi connectivity index (χ3v) is 5.00. The van der Waals surface area contributed by atoms with Gasteiger partial charge in [0.05, 0.1) is 28.1 Å². The van der Waals surface area contributed by atoms with E-state index in [1.165, 1.54) is 18.2 Å². The van der Waals surface area contributed by atoms with Gasteiger partial charge in [-0.15, -0.1) is 0 Å². The highest BCUT2D eigenvalue weighted by molar-refractivity contribution is 7.89. The highest BCUT2D eigenvalue weighted by atomic mass is 35.5. The first-order chi connectivity index (χ1) is 11.4. The minimum absolute atomic E-state index is 0.0272. The number of hydrogen-bond acceptors (Lipinski definition) is 4. The minimum atomic E-state index is -3.87. The van der Waals surface area contributed by atoms with Crippen molar-refractivity contribution in [1.29, 1.82) is 0 Å². The van der Waals surface area contributed by atoms with E-state index in [2.05, 4.69) is 5.32 Å². The van der Waals surface area contributed by atoms with E-state index >= 15 is 0 Å². The van der Waals surface area contributed by atoms with Crippen LogP contribution in [0.2, 0.25) is 5.02 Å². The number of halogens is 1. The topological polar surface area (TPSA) is 98.5 Å². The van der Waals surface area contributed by atoms with Crippen LogP contribution in [-0.4, -0.2) is 20.9 Å². The van der Waals surface area contributed by atoms with Gasteiger partial charge < -0.3 is 10.1 Å². The Kier molecular flexibility index (Phi) is 4.49. The molecular weight excluding hydrogens is 352 g/mol. The Morgan fingerprint density at radius 3 is 2.71 bits per heavy atom. The maximum atomic E-state index is 12.5. The maximum Gasteiger partial charge on any atom is 0.253 e. The fourth-order valence-corrected chi connectivity index (χ4v) is 3.46. The molecule has 1 aliphatic heterocycles. The van der Waals surface area contributed by atoms with Gasteiger partial charge in [-0.2, -0.15) is 0 Å². The number of carbonyl (C=O) groups excluding carboxylic acids is 1. The second kappa shape index (κ2) is 6.43. The lowest BCUT2D eigenvalue weighted by atomic mass is 10.00. The molecule has 0 bridgehead atoms. The first kappa shape index (κ1) is 16.8. The van der Waals surface area contributed by atoms with Crippen LogP contribution in [0.3, 0.4) is 0 Å². The molecule has 2 aromatic rings. The van der Waals surface area contributed by atoms with E-state index in [0.717, 1.165) is 11.3 Å². The lowest BCUT2D eigenvalue weighted by Crippen LogP contribution is -2.32. The highest BCUT2D eigenvalue weighted by Gasteiger charge is 2.24. The highest BCUT2D eigenvalue weighted by Crippen LogP contribution is 2.32. The summed E-state index contributed by atoms with van der Waals surface area (Å²) < 4.78 is 28.2. The van der Waals surface area contributed by atoms with E-state index < -0.39 is 10.0 Å². The Balaban J connectivity index is 1.84. The summed E-state index contributed by atoms with van der Waals surface area (Å²) in [4.78, 5) is 12.3. The molecule has 1 aliphatic rings. The van der Waals surface area contributed by atoms with Gasteiger partial charge in [0, 0.05) is 12.0 Å². The molecule has 0 aromatic heterocycles. The summed E-state index contributed by atoms with van der Waals surface area (Å²) in [7, 11) is -3.87. The number of nitrogens with two attached hydrogens (primary N) is 1. The van der Waals surface area contributed by atoms with Crippen molar-refractivity contribution >= 4 is 27.5 Å². The van der Waals surface area contributed by atoms with Crippen molar-refractivity contribution in [2.75, 3.05) is 6.61 Å². The summed E-state index contributed by atoms with van der Waals surface area (Å²) in [6.45, 7) is 0.500. The Hall–Kier alpha value is -2.09. The molecule has 3 rings (SSSR count). The maximum absolute atomic E-state index is 12.5. The number of amides is 1. The molecule has 2 aromatic carbocycles. The molecule has 8 heteroatoms. The zero-order valence-corrected chi connectivity index (χ0v) is 14.1. The normalized spacial score (nSPS) is 16.8. The summed E-state index contributed by atoms with van der Waals surface area (Å²) in [6.07, 6.45) is 0.635. The summed E-state index contributed by atoms with van der Waals surface area (Å²) in [5.41, 5.74) is 1.09. The molecule has 1 atom stereocenters. The zero-order valence-electron chi connectivity index (χ0n) is 12.5. The van der Waals surface area contributed by atoms with Gasteiger partial charge in [-0.05, 0) is 24.3 Å². The van der Waals surface area contributed by atoms with Gasteiger partial charge in [0.25, 0.3) is 5.91 Å². The first-order valence-electron chi connectivity index (χ1n) is 7.21. The van der Waals surface area contributed by atoms with Crippen molar-refractivity contribution in [3.8, 4) is 5.75 Å². The van der Waals surface area contributed by atoms with Crippen LogP contribution >= 0.6 is 11.6 Å². The summed E-state index contributed by atoms with van der Waals surface area (Å²) >= 11 is 6.04. The van der Waals surface area contributed by atoms with Crippen molar-refractivity contribution in [2.45, 2.75) is 17.4 Å². The van der Waals surface area contributed by atoms with Crippen molar-refractivity contribution in [3.63, 3.8) is 0 Å². The number of benzene rings is 2. The monoisotopic (exact) mass is 366 g/mol. The van der Waals surface area contributed by atoms with Gasteiger partial charge in [-0.1, -0.05) is 29.8 Å². The van der Waals surface area contributed by atoms with Crippen LogP contribution in [0.15, 0.2) is 47.4 Å². The molecule has 0 saturated carbocycles. The average Bonchev–Trinajstić information content (AvgIpc) is 2.54. The SMILES string of the molecule is NS(=O)(=O)c1ccc(C(=O)N[C@@H]2CCOc3ccccc32)c(Cl)c1. The summed E-state index contributed by atoms with van der Waals surface area (Å²) in [6, 6.07) is 11.1. The number of ether oxygens (including phenoxy) is 1. The quantitative estimate of drug-likeness (QED) is 0.870. The van der Waals surface area contributed by atoms with Crippen LogP contribution in [0.1, 0.15) is 28.4 Å². The van der Waals surface area contributed by atoms with Crippen molar-refractivity contribution in [1.82, 2.24) is 5.32 Å². The molecule has 1 amide bonds. The lowest BCUT2D eigenvalue weighted by Gasteiger charge is -2.26. The third-order valence-electron chi connectivity index (χ3n) is 3.78. The number of rotatable bonds is 3. The van der Waals surface area contributed by atoms with Gasteiger partial charge in [-0.3, -0.25) is 4.79 Å². The Labute approximate surface area is 144 Å². The number of carbonyl (C=O) groups is 1. The fourth-order valence-electron chi connectivity index (χ4n) is 2.58. The van der Waals surface area contributed by atoms with Crippen LogP contribution in [-0.2, 0) is 10.0 Å². The van der Waals surface area contributed by atoms with Crippen molar-refractivity contribution in [3.05, 3.63) is 58.6 Å². The van der Waals surface area contributed by atoms with E-state index in [9.17, 15) is 13.2 Å². The third kappa shape index (κ3) is 3.38. The molecule has 3 N–H and O–H groups in total. The van der Waals surface area contributed by atoms with E-state index in [4.69, 9.17) is 21.5 Å². The predicted octanol–water partition coefficient (Wildman–Crippen LogP) is 2.24. The van der Waals surface area contributed by atoms with Crippen LogP contribution in [0, 0.1) is 0 Å². The molecule has 0 aliphatic carbocycles. The zero-order chi connectivity index (χ0) is 17.3. The molecule has 1 heterocycles. The number of nitrogens with one attached hydrogen (secondary N) is 1. The van der Waals surface area contributed by atoms with E-state index in [0.29, 0.717) is 13.0 Å². The predicted molar refractivity (Wildman–Crippen MR) is 89.6 cm³/mol. The molecule has 0 radical (unpaired) electrons. The van der Waals surface area contributed by atoms with Gasteiger partial charge in [0.2, 0.25) is 10.0 Å². The molecule has 24 heavy (non-hydrogen) atoms. The molecule has 6 nitrogen and oxygen atoms in total. The molecule has 0 fully saturated rings. The van der Waals surface area contributed by atoms with Gasteiger partial charge in [-0.25, -0.2) is 13.6 Å². The number of sulfonamides is 1. The second-order valence-corrected chi connectivity index (χ2v) is 7.36. The van der Waals surface area contributed by atoms with E-state index in [1.54, 1.807) is 0 Å². The second-order valence-electron chi connectivity index (χ2n) is 5.39. The summed E-state index contributed by atoms with van der Waals surface area (Å²) in [5, 5.41) is 7.99. The summed E-state index contributed by atoms with van der Waals surface area (Å²) in [5.74, 6) is 0.354. The average molecular weight is 367 g/mol. The van der Waals surface area contributed by atoms with Crippen molar-refractivity contribution in [2.24, 2.45) is 5.14 Å². The van der Waals surface area contributed by atoms with Gasteiger partial charge in [0.15, 0.2) is 0 Å². The number of para-hydroxylation sites is 1. The molecule has 0 saturated heterocycles. The number of primary sulfonamides is 1. The molecule has 0 spiro atoms. The molecule has 0 unspecified atom stereocenters. The Bertz CT molecular complexity index is 899. The lowest BCUT2D eigenvalue weighted by molar-refractivity contribution is 0.0925. The minimum Gasteiger partial charge on any atom is -0.493 e. The smallest absolute Gasteiger partial charge is 0.253 e. The van der Waals surface area contributed by atoms with Gasteiger partial charge >= 0.3 is 0 Å². The standard InChI is InChI=1S/C16H15ClN2O4S/c17-13-9-10(24(18,21)22)5-6-11(13)16(20)19-14-7-8-23-15-4-2-1-3-12(14)15/h1-6,9,14H,7-8H2,(H,19,20)(H2,18,21,22)/t14-/m1/s1.